The first-order valence-electron chi connectivity index (χ1n) is 10.6. The number of rotatable bonds is 4. The first kappa shape index (κ1) is 22.7. The number of thioether (sulfide) groups is 1. The summed E-state index contributed by atoms with van der Waals surface area (Å²) >= 11 is 20.1. The monoisotopic (exact) mass is 516 g/mol. The maximum absolute atomic E-state index is 13.5. The fourth-order valence-electron chi connectivity index (χ4n) is 4.46. The van der Waals surface area contributed by atoms with Gasteiger partial charge in [0.15, 0.2) is 5.11 Å². The van der Waals surface area contributed by atoms with Crippen molar-refractivity contribution in [3.8, 4) is 0 Å². The average Bonchev–Trinajstić information content (AvgIpc) is 3.39. The molecule has 2 aliphatic heterocycles. The molecule has 2 aromatic carbocycles. The van der Waals surface area contributed by atoms with Crippen LogP contribution >= 0.6 is 47.2 Å². The van der Waals surface area contributed by atoms with E-state index in [0.29, 0.717) is 27.5 Å². The fraction of sp³-hybridized carbons (Fsp3) is 0.292. The van der Waals surface area contributed by atoms with Crippen LogP contribution in [-0.4, -0.2) is 37.5 Å². The molecule has 170 valence electrons. The molecule has 1 amide bonds. The molecule has 9 heteroatoms. The van der Waals surface area contributed by atoms with Crippen LogP contribution in [0.25, 0.3) is 0 Å². The molecule has 5 rings (SSSR count). The van der Waals surface area contributed by atoms with Gasteiger partial charge in [-0.1, -0.05) is 59.1 Å². The van der Waals surface area contributed by atoms with Gasteiger partial charge in [0.1, 0.15) is 11.4 Å². The van der Waals surface area contributed by atoms with E-state index in [9.17, 15) is 4.79 Å². The van der Waals surface area contributed by atoms with Crippen molar-refractivity contribution in [2.45, 2.75) is 38.7 Å². The Hall–Kier alpha value is -2.06. The standard InChI is InChI=1S/C24H22Cl2N4OS2/c1-13-4-6-16(7-5-13)23-29-20(12-33-23)22(31)30(24(29)32)21-14(2)27-28(15(21)3)11-17-8-9-18(25)10-19(17)26/h4-10,20,23H,11-12H2,1-3H3/t20-,23+/m0/s1. The Morgan fingerprint density at radius 2 is 1.85 bits per heavy atom. The first-order chi connectivity index (χ1) is 15.8. The Kier molecular flexibility index (Phi) is 5.93. The third kappa shape index (κ3) is 3.85. The summed E-state index contributed by atoms with van der Waals surface area (Å²) in [7, 11) is 0. The third-order valence-corrected chi connectivity index (χ3v) is 8.49. The number of amides is 1. The van der Waals surface area contributed by atoms with E-state index in [1.54, 1.807) is 22.7 Å². The molecule has 1 aromatic heterocycles. The highest BCUT2D eigenvalue weighted by molar-refractivity contribution is 7.99. The van der Waals surface area contributed by atoms with Crippen molar-refractivity contribution >= 4 is 63.9 Å². The van der Waals surface area contributed by atoms with Crippen molar-refractivity contribution in [3.05, 3.63) is 80.6 Å². The quantitative estimate of drug-likeness (QED) is 0.403. The number of carbonyl (C=O) groups is 1. The second-order valence-corrected chi connectivity index (χ2v) is 10.7. The molecule has 0 spiro atoms. The van der Waals surface area contributed by atoms with E-state index in [4.69, 9.17) is 40.5 Å². The van der Waals surface area contributed by atoms with Crippen LogP contribution in [0.1, 0.15) is 33.5 Å². The van der Waals surface area contributed by atoms with Crippen molar-refractivity contribution in [2.75, 3.05) is 10.7 Å². The smallest absolute Gasteiger partial charge is 0.257 e. The van der Waals surface area contributed by atoms with Gasteiger partial charge >= 0.3 is 0 Å². The van der Waals surface area contributed by atoms with Crippen LogP contribution in [0.2, 0.25) is 10.0 Å². The van der Waals surface area contributed by atoms with Gasteiger partial charge in [0.25, 0.3) is 5.91 Å². The van der Waals surface area contributed by atoms with Crippen LogP contribution in [0, 0.1) is 20.8 Å². The Morgan fingerprint density at radius 1 is 1.12 bits per heavy atom. The highest BCUT2D eigenvalue weighted by Crippen LogP contribution is 2.47. The molecule has 2 atom stereocenters. The maximum Gasteiger partial charge on any atom is 0.257 e. The molecule has 0 radical (unpaired) electrons. The number of halogens is 2. The predicted octanol–water partition coefficient (Wildman–Crippen LogP) is 5.91. The SMILES string of the molecule is Cc1ccc([C@H]2SC[C@H]3C(=O)N(c4c(C)nn(Cc5ccc(Cl)cc5Cl)c4C)C(=S)N23)cc1. The highest BCUT2D eigenvalue weighted by atomic mass is 35.5. The lowest BCUT2D eigenvalue weighted by atomic mass is 10.1. The lowest BCUT2D eigenvalue weighted by Crippen LogP contribution is -2.34. The number of hydrogen-bond donors (Lipinski definition) is 0. The first-order valence-corrected chi connectivity index (χ1v) is 12.8. The molecule has 0 aliphatic carbocycles. The zero-order valence-electron chi connectivity index (χ0n) is 18.4. The fourth-order valence-corrected chi connectivity index (χ4v) is 6.83. The zero-order chi connectivity index (χ0) is 23.4. The van der Waals surface area contributed by atoms with Gasteiger partial charge in [-0.3, -0.25) is 14.4 Å². The molecule has 0 saturated carbocycles. The normalized spacial score (nSPS) is 20.2. The summed E-state index contributed by atoms with van der Waals surface area (Å²) in [6, 6.07) is 13.6. The Balaban J connectivity index is 1.47. The van der Waals surface area contributed by atoms with Crippen molar-refractivity contribution in [1.82, 2.24) is 14.7 Å². The number of benzene rings is 2. The van der Waals surface area contributed by atoms with E-state index >= 15 is 0 Å². The van der Waals surface area contributed by atoms with Crippen LogP contribution < -0.4 is 4.90 Å². The van der Waals surface area contributed by atoms with Crippen molar-refractivity contribution in [2.24, 2.45) is 0 Å². The van der Waals surface area contributed by atoms with Crippen LogP contribution in [0.5, 0.6) is 0 Å². The summed E-state index contributed by atoms with van der Waals surface area (Å²) in [6.45, 7) is 6.42. The molecule has 3 aromatic rings. The molecule has 0 N–H and O–H groups in total. The Morgan fingerprint density at radius 3 is 2.55 bits per heavy atom. The summed E-state index contributed by atoms with van der Waals surface area (Å²) in [5, 5.41) is 6.45. The number of nitrogens with zero attached hydrogens (tertiary/aromatic N) is 4. The Bertz CT molecular complexity index is 1270. The summed E-state index contributed by atoms with van der Waals surface area (Å²) in [5.41, 5.74) is 5.66. The van der Waals surface area contributed by atoms with Crippen LogP contribution in [-0.2, 0) is 11.3 Å². The molecule has 0 unspecified atom stereocenters. The van der Waals surface area contributed by atoms with Crippen LogP contribution in [0.3, 0.4) is 0 Å². The number of aromatic nitrogens is 2. The van der Waals surface area contributed by atoms with E-state index in [-0.39, 0.29) is 17.3 Å². The Labute approximate surface area is 212 Å². The summed E-state index contributed by atoms with van der Waals surface area (Å²) in [4.78, 5) is 17.3. The van der Waals surface area contributed by atoms with Crippen molar-refractivity contribution in [1.29, 1.82) is 0 Å². The molecule has 2 saturated heterocycles. The van der Waals surface area contributed by atoms with E-state index in [2.05, 4.69) is 36.1 Å². The van der Waals surface area contributed by atoms with Gasteiger partial charge in [-0.2, -0.15) is 5.10 Å². The van der Waals surface area contributed by atoms with E-state index in [1.807, 2.05) is 30.7 Å². The molecule has 3 heterocycles. The van der Waals surface area contributed by atoms with Gasteiger partial charge in [-0.25, -0.2) is 0 Å². The van der Waals surface area contributed by atoms with E-state index < -0.39 is 0 Å². The molecule has 2 fully saturated rings. The number of hydrogen-bond acceptors (Lipinski definition) is 4. The summed E-state index contributed by atoms with van der Waals surface area (Å²) in [5.74, 6) is 0.720. The minimum Gasteiger partial charge on any atom is -0.319 e. The third-order valence-electron chi connectivity index (χ3n) is 6.18. The van der Waals surface area contributed by atoms with Crippen molar-refractivity contribution < 1.29 is 4.79 Å². The molecule has 2 aliphatic rings. The van der Waals surface area contributed by atoms with E-state index in [0.717, 1.165) is 28.2 Å². The molecular weight excluding hydrogens is 495 g/mol. The van der Waals surface area contributed by atoms with Gasteiger partial charge in [-0.15, -0.1) is 11.8 Å². The predicted molar refractivity (Wildman–Crippen MR) is 139 cm³/mol. The summed E-state index contributed by atoms with van der Waals surface area (Å²) in [6.07, 6.45) is 0. The van der Waals surface area contributed by atoms with E-state index in [1.165, 1.54) is 5.56 Å². The molecule has 5 nitrogen and oxygen atoms in total. The average molecular weight is 518 g/mol. The largest absolute Gasteiger partial charge is 0.319 e. The number of aryl methyl sites for hydroxylation is 2. The second kappa shape index (κ2) is 8.62. The number of carbonyl (C=O) groups excluding carboxylic acids is 1. The molecule has 33 heavy (non-hydrogen) atoms. The lowest BCUT2D eigenvalue weighted by molar-refractivity contribution is -0.119. The number of fused-ring (bicyclic) bond motifs is 1. The van der Waals surface area contributed by atoms with Gasteiger partial charge in [0, 0.05) is 15.8 Å². The van der Waals surface area contributed by atoms with Gasteiger partial charge in [0.2, 0.25) is 0 Å². The van der Waals surface area contributed by atoms with Gasteiger partial charge in [0.05, 0.1) is 23.6 Å². The maximum atomic E-state index is 13.5. The zero-order valence-corrected chi connectivity index (χ0v) is 21.5. The lowest BCUT2D eigenvalue weighted by Gasteiger charge is -2.25. The van der Waals surface area contributed by atoms with Gasteiger partial charge < -0.3 is 4.90 Å². The minimum absolute atomic E-state index is 0.0115. The highest BCUT2D eigenvalue weighted by Gasteiger charge is 2.51. The van der Waals surface area contributed by atoms with Crippen LogP contribution in [0.4, 0.5) is 5.69 Å². The minimum atomic E-state index is -0.262. The second-order valence-electron chi connectivity index (χ2n) is 8.39. The topological polar surface area (TPSA) is 41.4 Å². The van der Waals surface area contributed by atoms with Crippen LogP contribution in [0.15, 0.2) is 42.5 Å². The van der Waals surface area contributed by atoms with Gasteiger partial charge in [-0.05, 0) is 56.2 Å². The van der Waals surface area contributed by atoms with Crippen molar-refractivity contribution in [3.63, 3.8) is 0 Å². The summed E-state index contributed by atoms with van der Waals surface area (Å²) < 4.78 is 1.87. The molecular formula is C24H22Cl2N4OS2. The number of anilines is 1. The number of thiocarbonyl (C=S) groups is 1. The molecule has 0 bridgehead atoms.